The Labute approximate surface area is 190 Å². The minimum absolute atomic E-state index is 0.188. The van der Waals surface area contributed by atoms with Gasteiger partial charge in [-0.3, -0.25) is 9.69 Å². The van der Waals surface area contributed by atoms with Crippen LogP contribution in [0.4, 0.5) is 5.82 Å². The molecule has 6 nitrogen and oxygen atoms in total. The van der Waals surface area contributed by atoms with Crippen molar-refractivity contribution in [3.05, 3.63) is 77.5 Å². The molecule has 0 unspecified atom stereocenters. The number of rotatable bonds is 7. The fourth-order valence-electron chi connectivity index (χ4n) is 4.31. The first-order chi connectivity index (χ1) is 15.5. The van der Waals surface area contributed by atoms with Crippen molar-refractivity contribution in [1.82, 2.24) is 14.7 Å². The van der Waals surface area contributed by atoms with Crippen molar-refractivity contribution in [1.29, 1.82) is 0 Å². The number of amides is 1. The van der Waals surface area contributed by atoms with Crippen LogP contribution in [0.2, 0.25) is 0 Å². The number of piperidine rings is 1. The largest absolute Gasteiger partial charge is 0.496 e. The van der Waals surface area contributed by atoms with E-state index in [2.05, 4.69) is 53.4 Å². The maximum atomic E-state index is 12.8. The number of hydrogen-bond donors (Lipinski definition) is 1. The number of likely N-dealkylation sites (tertiary alicyclic amines) is 1. The highest BCUT2D eigenvalue weighted by molar-refractivity contribution is 6.05. The predicted molar refractivity (Wildman–Crippen MR) is 127 cm³/mol. The molecule has 168 valence electrons. The lowest BCUT2D eigenvalue weighted by molar-refractivity contribution is 0.102. The molecule has 1 aliphatic heterocycles. The fraction of sp³-hybridized carbons (Fsp3) is 0.385. The van der Waals surface area contributed by atoms with Gasteiger partial charge in [0.1, 0.15) is 11.6 Å². The lowest BCUT2D eigenvalue weighted by Gasteiger charge is -2.32. The second kappa shape index (κ2) is 10.0. The van der Waals surface area contributed by atoms with Crippen molar-refractivity contribution >= 4 is 11.7 Å². The first-order valence-electron chi connectivity index (χ1n) is 11.3. The molecule has 1 amide bonds. The normalized spacial score (nSPS) is 15.1. The summed E-state index contributed by atoms with van der Waals surface area (Å²) >= 11 is 0. The summed E-state index contributed by atoms with van der Waals surface area (Å²) in [4.78, 5) is 15.3. The smallest absolute Gasteiger partial charge is 0.260 e. The van der Waals surface area contributed by atoms with E-state index in [0.717, 1.165) is 38.3 Å². The van der Waals surface area contributed by atoms with Crippen LogP contribution in [0.5, 0.6) is 5.75 Å². The number of carbonyl (C=O) groups is 1. The van der Waals surface area contributed by atoms with Crippen molar-refractivity contribution < 1.29 is 9.53 Å². The molecule has 1 fully saturated rings. The molecule has 0 atom stereocenters. The number of ether oxygens (including phenoxy) is 1. The maximum Gasteiger partial charge on any atom is 0.260 e. The highest BCUT2D eigenvalue weighted by atomic mass is 16.5. The molecule has 0 radical (unpaired) electrons. The molecule has 1 N–H and O–H groups in total. The molecule has 3 aromatic rings. The van der Waals surface area contributed by atoms with Crippen LogP contribution in [-0.4, -0.2) is 40.8 Å². The number of anilines is 1. The molecule has 32 heavy (non-hydrogen) atoms. The topological polar surface area (TPSA) is 59.4 Å². The zero-order valence-corrected chi connectivity index (χ0v) is 19.1. The van der Waals surface area contributed by atoms with Gasteiger partial charge in [0, 0.05) is 25.7 Å². The summed E-state index contributed by atoms with van der Waals surface area (Å²) in [5.74, 6) is 1.66. The maximum absolute atomic E-state index is 12.8. The van der Waals surface area contributed by atoms with E-state index >= 15 is 0 Å². The molecule has 0 spiro atoms. The Hall–Kier alpha value is -3.12. The fourth-order valence-corrected chi connectivity index (χ4v) is 4.31. The minimum Gasteiger partial charge on any atom is -0.496 e. The van der Waals surface area contributed by atoms with Crippen molar-refractivity contribution in [3.8, 4) is 5.75 Å². The second-order valence-corrected chi connectivity index (χ2v) is 8.72. The lowest BCUT2D eigenvalue weighted by Crippen LogP contribution is -2.35. The average molecular weight is 433 g/mol. The lowest BCUT2D eigenvalue weighted by atomic mass is 10.0. The van der Waals surface area contributed by atoms with Crippen LogP contribution in [-0.2, 0) is 6.54 Å². The van der Waals surface area contributed by atoms with E-state index in [-0.39, 0.29) is 11.9 Å². The SMILES string of the molecule is COc1ccccc1C(=O)Nc1ccnn1C1CCN(Cc2ccc(C(C)C)cc2)CC1. The highest BCUT2D eigenvalue weighted by Crippen LogP contribution is 2.27. The van der Waals surface area contributed by atoms with Crippen molar-refractivity contribution in [2.75, 3.05) is 25.5 Å². The van der Waals surface area contributed by atoms with Gasteiger partial charge < -0.3 is 10.1 Å². The molecular weight excluding hydrogens is 400 g/mol. The van der Waals surface area contributed by atoms with Gasteiger partial charge in [-0.1, -0.05) is 50.2 Å². The predicted octanol–water partition coefficient (Wildman–Crippen LogP) is 5.10. The third-order valence-corrected chi connectivity index (χ3v) is 6.22. The number of aromatic nitrogens is 2. The molecule has 2 heterocycles. The monoisotopic (exact) mass is 432 g/mol. The summed E-state index contributed by atoms with van der Waals surface area (Å²) in [6, 6.07) is 18.4. The summed E-state index contributed by atoms with van der Waals surface area (Å²) in [6.07, 6.45) is 3.76. The molecule has 0 aliphatic carbocycles. The number of benzene rings is 2. The number of nitrogens with zero attached hydrogens (tertiary/aromatic N) is 3. The number of methoxy groups -OCH3 is 1. The first kappa shape index (κ1) is 22.1. The van der Waals surface area contributed by atoms with Crippen LogP contribution >= 0.6 is 0 Å². The molecule has 2 aromatic carbocycles. The van der Waals surface area contributed by atoms with Gasteiger partial charge in [0.2, 0.25) is 0 Å². The summed E-state index contributed by atoms with van der Waals surface area (Å²) in [6.45, 7) is 7.44. The number of nitrogens with one attached hydrogen (secondary N) is 1. The Bertz CT molecular complexity index is 1030. The quantitative estimate of drug-likeness (QED) is 0.564. The van der Waals surface area contributed by atoms with Gasteiger partial charge >= 0.3 is 0 Å². The van der Waals surface area contributed by atoms with E-state index in [1.807, 2.05) is 22.9 Å². The Morgan fingerprint density at radius 2 is 1.81 bits per heavy atom. The third-order valence-electron chi connectivity index (χ3n) is 6.22. The molecule has 6 heteroatoms. The average Bonchev–Trinajstić information content (AvgIpc) is 3.28. The number of hydrogen-bond acceptors (Lipinski definition) is 4. The van der Waals surface area contributed by atoms with Gasteiger partial charge in [-0.2, -0.15) is 5.10 Å². The summed E-state index contributed by atoms with van der Waals surface area (Å²) in [5, 5.41) is 7.53. The Morgan fingerprint density at radius 1 is 1.09 bits per heavy atom. The Morgan fingerprint density at radius 3 is 2.50 bits per heavy atom. The van der Waals surface area contributed by atoms with E-state index in [0.29, 0.717) is 17.2 Å². The minimum atomic E-state index is -0.188. The molecule has 4 rings (SSSR count). The summed E-state index contributed by atoms with van der Waals surface area (Å²) in [5.41, 5.74) is 3.26. The Kier molecular flexibility index (Phi) is 6.90. The third kappa shape index (κ3) is 5.02. The molecule has 0 bridgehead atoms. The summed E-state index contributed by atoms with van der Waals surface area (Å²) in [7, 11) is 1.57. The molecular formula is C26H32N4O2. The van der Waals surface area contributed by atoms with Gasteiger partial charge in [-0.05, 0) is 42.0 Å². The molecule has 1 aliphatic rings. The van der Waals surface area contributed by atoms with Crippen molar-refractivity contribution in [2.45, 2.75) is 45.2 Å². The van der Waals surface area contributed by atoms with E-state index < -0.39 is 0 Å². The van der Waals surface area contributed by atoms with E-state index in [1.54, 1.807) is 25.4 Å². The van der Waals surface area contributed by atoms with Gasteiger partial charge in [-0.25, -0.2) is 4.68 Å². The van der Waals surface area contributed by atoms with Crippen LogP contribution in [0.15, 0.2) is 60.8 Å². The van der Waals surface area contributed by atoms with Crippen LogP contribution < -0.4 is 10.1 Å². The van der Waals surface area contributed by atoms with Crippen LogP contribution in [0.25, 0.3) is 0 Å². The Balaban J connectivity index is 1.35. The zero-order valence-electron chi connectivity index (χ0n) is 19.1. The summed E-state index contributed by atoms with van der Waals surface area (Å²) < 4.78 is 7.28. The van der Waals surface area contributed by atoms with Crippen LogP contribution in [0.3, 0.4) is 0 Å². The standard InChI is InChI=1S/C26H32N4O2/c1-19(2)21-10-8-20(9-11-21)18-29-16-13-22(14-17-29)30-25(12-15-27-30)28-26(31)23-6-4-5-7-24(23)32-3/h4-12,15,19,22H,13-14,16-18H2,1-3H3,(H,28,31). The van der Waals surface area contributed by atoms with Crippen LogP contribution in [0.1, 0.15) is 60.1 Å². The van der Waals surface area contributed by atoms with Gasteiger partial charge in [-0.15, -0.1) is 0 Å². The van der Waals surface area contributed by atoms with E-state index in [9.17, 15) is 4.79 Å². The van der Waals surface area contributed by atoms with Crippen LogP contribution in [0, 0.1) is 0 Å². The highest BCUT2D eigenvalue weighted by Gasteiger charge is 2.24. The van der Waals surface area contributed by atoms with Crippen molar-refractivity contribution in [3.63, 3.8) is 0 Å². The van der Waals surface area contributed by atoms with E-state index in [1.165, 1.54) is 11.1 Å². The van der Waals surface area contributed by atoms with Gasteiger partial charge in [0.05, 0.1) is 24.9 Å². The van der Waals surface area contributed by atoms with Gasteiger partial charge in [0.15, 0.2) is 0 Å². The van der Waals surface area contributed by atoms with E-state index in [4.69, 9.17) is 4.74 Å². The molecule has 0 saturated carbocycles. The number of para-hydroxylation sites is 1. The molecule has 1 aromatic heterocycles. The van der Waals surface area contributed by atoms with Gasteiger partial charge in [0.25, 0.3) is 5.91 Å². The zero-order chi connectivity index (χ0) is 22.5. The van der Waals surface area contributed by atoms with Crippen molar-refractivity contribution in [2.24, 2.45) is 0 Å². The number of carbonyl (C=O) groups excluding carboxylic acids is 1. The second-order valence-electron chi connectivity index (χ2n) is 8.72. The molecule has 1 saturated heterocycles. The first-order valence-corrected chi connectivity index (χ1v) is 11.3.